The second kappa shape index (κ2) is 6.63. The molecule has 0 amide bonds. The molecule has 1 aromatic rings. The Bertz CT molecular complexity index is 449. The maximum Gasteiger partial charge on any atom is 0.273 e. The number of hydrogen-bond donors (Lipinski definition) is 3. The third-order valence-electron chi connectivity index (χ3n) is 3.23. The highest BCUT2D eigenvalue weighted by molar-refractivity contribution is 7.99. The topological polar surface area (TPSA) is 93.2 Å². The van der Waals surface area contributed by atoms with Gasteiger partial charge in [0.05, 0.1) is 10.6 Å². The van der Waals surface area contributed by atoms with Crippen molar-refractivity contribution in [2.45, 2.75) is 12.8 Å². The van der Waals surface area contributed by atoms with Crippen LogP contribution in [0.3, 0.4) is 0 Å². The predicted molar refractivity (Wildman–Crippen MR) is 79.4 cm³/mol. The summed E-state index contributed by atoms with van der Waals surface area (Å²) < 4.78 is 0. The van der Waals surface area contributed by atoms with Gasteiger partial charge in [-0.15, -0.1) is 0 Å². The maximum absolute atomic E-state index is 10.8. The van der Waals surface area contributed by atoms with Crippen molar-refractivity contribution in [1.82, 2.24) is 0 Å². The Labute approximate surface area is 116 Å². The van der Waals surface area contributed by atoms with E-state index in [1.54, 1.807) is 12.1 Å². The summed E-state index contributed by atoms with van der Waals surface area (Å²) in [7, 11) is 0. The van der Waals surface area contributed by atoms with E-state index < -0.39 is 4.92 Å². The number of hydrazine groups is 1. The molecular weight excluding hydrogens is 264 g/mol. The van der Waals surface area contributed by atoms with Crippen LogP contribution in [0.5, 0.6) is 0 Å². The number of nitrogens with zero attached hydrogens (tertiary/aromatic N) is 1. The van der Waals surface area contributed by atoms with Crippen LogP contribution in [0.25, 0.3) is 0 Å². The van der Waals surface area contributed by atoms with E-state index >= 15 is 0 Å². The van der Waals surface area contributed by atoms with Gasteiger partial charge >= 0.3 is 0 Å². The van der Waals surface area contributed by atoms with Crippen molar-refractivity contribution in [3.05, 3.63) is 28.3 Å². The van der Waals surface area contributed by atoms with Gasteiger partial charge < -0.3 is 10.7 Å². The van der Waals surface area contributed by atoms with E-state index in [0.29, 0.717) is 11.6 Å². The highest BCUT2D eigenvalue weighted by Gasteiger charge is 2.14. The highest BCUT2D eigenvalue weighted by atomic mass is 32.2. The van der Waals surface area contributed by atoms with Gasteiger partial charge in [0.15, 0.2) is 0 Å². The molecule has 104 valence electrons. The van der Waals surface area contributed by atoms with Gasteiger partial charge in [-0.25, -0.2) is 0 Å². The minimum atomic E-state index is -0.413. The molecule has 1 aromatic carbocycles. The normalized spacial score (nSPS) is 16.1. The molecular formula is C12H18N4O2S. The second-order valence-corrected chi connectivity index (χ2v) is 5.83. The van der Waals surface area contributed by atoms with E-state index in [1.807, 2.05) is 11.8 Å². The first kappa shape index (κ1) is 14.0. The zero-order valence-corrected chi connectivity index (χ0v) is 11.4. The molecule has 0 aliphatic carbocycles. The van der Waals surface area contributed by atoms with Crippen molar-refractivity contribution in [1.29, 1.82) is 0 Å². The molecule has 4 N–H and O–H groups in total. The summed E-state index contributed by atoms with van der Waals surface area (Å²) in [6.45, 7) is 0.853. The Morgan fingerprint density at radius 3 is 2.63 bits per heavy atom. The number of benzene rings is 1. The molecule has 6 nitrogen and oxygen atoms in total. The van der Waals surface area contributed by atoms with Crippen molar-refractivity contribution >= 4 is 28.8 Å². The summed E-state index contributed by atoms with van der Waals surface area (Å²) in [6, 6.07) is 4.74. The number of non-ortho nitro benzene ring substituents is 1. The molecule has 0 bridgehead atoms. The smallest absolute Gasteiger partial charge is 0.273 e. The van der Waals surface area contributed by atoms with E-state index in [-0.39, 0.29) is 5.69 Å². The monoisotopic (exact) mass is 282 g/mol. The number of hydrogen-bond acceptors (Lipinski definition) is 6. The molecule has 1 aliphatic heterocycles. The SMILES string of the molecule is NNc1cc(NCC2CCSCC2)cc([N+](=O)[O-])c1. The van der Waals surface area contributed by atoms with Gasteiger partial charge in [-0.1, -0.05) is 0 Å². The molecule has 0 radical (unpaired) electrons. The quantitative estimate of drug-likeness (QED) is 0.436. The molecule has 1 aliphatic rings. The van der Waals surface area contributed by atoms with Crippen molar-refractivity contribution in [3.63, 3.8) is 0 Å². The van der Waals surface area contributed by atoms with Crippen LogP contribution in [0.1, 0.15) is 12.8 Å². The summed E-state index contributed by atoms with van der Waals surface area (Å²) in [6.07, 6.45) is 2.41. The summed E-state index contributed by atoms with van der Waals surface area (Å²) >= 11 is 1.99. The number of nitro groups is 1. The molecule has 2 rings (SSSR count). The van der Waals surface area contributed by atoms with Gasteiger partial charge in [0.25, 0.3) is 5.69 Å². The molecule has 1 heterocycles. The highest BCUT2D eigenvalue weighted by Crippen LogP contribution is 2.26. The van der Waals surface area contributed by atoms with Gasteiger partial charge in [-0.05, 0) is 36.3 Å². The Morgan fingerprint density at radius 1 is 1.32 bits per heavy atom. The lowest BCUT2D eigenvalue weighted by molar-refractivity contribution is -0.384. The molecule has 0 saturated carbocycles. The van der Waals surface area contributed by atoms with E-state index in [1.165, 1.54) is 30.4 Å². The third-order valence-corrected chi connectivity index (χ3v) is 4.28. The zero-order valence-electron chi connectivity index (χ0n) is 10.6. The predicted octanol–water partition coefficient (Wildman–Crippen LogP) is 2.44. The second-order valence-electron chi connectivity index (χ2n) is 4.61. The first-order chi connectivity index (χ1) is 9.19. The van der Waals surface area contributed by atoms with Gasteiger partial charge in [-0.3, -0.25) is 16.0 Å². The fraction of sp³-hybridized carbons (Fsp3) is 0.500. The van der Waals surface area contributed by atoms with Gasteiger partial charge in [0.2, 0.25) is 0 Å². The summed E-state index contributed by atoms with van der Waals surface area (Å²) in [5, 5.41) is 14.1. The standard InChI is InChI=1S/C12H18N4O2S/c13-15-11-5-10(6-12(7-11)16(17)18)14-8-9-1-3-19-4-2-9/h5-7,9,14-15H,1-4,8,13H2. The number of nitrogens with one attached hydrogen (secondary N) is 2. The third kappa shape index (κ3) is 4.00. The minimum Gasteiger partial charge on any atom is -0.385 e. The molecule has 1 fully saturated rings. The molecule has 0 spiro atoms. The number of nitrogen functional groups attached to an aromatic ring is 1. The first-order valence-electron chi connectivity index (χ1n) is 6.27. The number of anilines is 2. The summed E-state index contributed by atoms with van der Waals surface area (Å²) in [5.74, 6) is 8.38. The largest absolute Gasteiger partial charge is 0.385 e. The Kier molecular flexibility index (Phi) is 4.86. The number of nitro benzene ring substituents is 1. The fourth-order valence-corrected chi connectivity index (χ4v) is 3.32. The summed E-state index contributed by atoms with van der Waals surface area (Å²) in [4.78, 5) is 10.4. The number of thioether (sulfide) groups is 1. The number of rotatable bonds is 5. The van der Waals surface area contributed by atoms with Crippen LogP contribution >= 0.6 is 11.8 Å². The van der Waals surface area contributed by atoms with Crippen LogP contribution in [0.2, 0.25) is 0 Å². The minimum absolute atomic E-state index is 0.0390. The lowest BCUT2D eigenvalue weighted by Gasteiger charge is -2.22. The molecule has 0 atom stereocenters. The van der Waals surface area contributed by atoms with Gasteiger partial charge in [-0.2, -0.15) is 11.8 Å². The van der Waals surface area contributed by atoms with Gasteiger partial charge in [0.1, 0.15) is 0 Å². The maximum atomic E-state index is 10.8. The average molecular weight is 282 g/mol. The van der Waals surface area contributed by atoms with Crippen molar-refractivity contribution in [3.8, 4) is 0 Å². The van der Waals surface area contributed by atoms with Crippen LogP contribution in [0.4, 0.5) is 17.1 Å². The number of nitrogens with two attached hydrogens (primary N) is 1. The Balaban J connectivity index is 2.02. The van der Waals surface area contributed by atoms with Crippen LogP contribution < -0.4 is 16.6 Å². The van der Waals surface area contributed by atoms with E-state index in [4.69, 9.17) is 5.84 Å². The molecule has 1 saturated heterocycles. The fourth-order valence-electron chi connectivity index (χ4n) is 2.11. The molecule has 7 heteroatoms. The van der Waals surface area contributed by atoms with Crippen LogP contribution in [0.15, 0.2) is 18.2 Å². The van der Waals surface area contributed by atoms with E-state index in [0.717, 1.165) is 12.2 Å². The lowest BCUT2D eigenvalue weighted by Crippen LogP contribution is -2.19. The van der Waals surface area contributed by atoms with E-state index in [2.05, 4.69) is 10.7 Å². The average Bonchev–Trinajstić information content (AvgIpc) is 2.45. The van der Waals surface area contributed by atoms with Crippen LogP contribution in [0, 0.1) is 16.0 Å². The van der Waals surface area contributed by atoms with E-state index in [9.17, 15) is 10.1 Å². The van der Waals surface area contributed by atoms with Crippen molar-refractivity contribution < 1.29 is 4.92 Å². The molecule has 0 unspecified atom stereocenters. The summed E-state index contributed by atoms with van der Waals surface area (Å²) in [5.41, 5.74) is 3.77. The Hall–Kier alpha value is -1.47. The van der Waals surface area contributed by atoms with Crippen LogP contribution in [-0.4, -0.2) is 23.0 Å². The van der Waals surface area contributed by atoms with Crippen molar-refractivity contribution in [2.24, 2.45) is 11.8 Å². The van der Waals surface area contributed by atoms with Crippen LogP contribution in [-0.2, 0) is 0 Å². The lowest BCUT2D eigenvalue weighted by atomic mass is 10.0. The molecule has 19 heavy (non-hydrogen) atoms. The van der Waals surface area contributed by atoms with Crippen molar-refractivity contribution in [2.75, 3.05) is 28.8 Å². The van der Waals surface area contributed by atoms with Gasteiger partial charge in [0, 0.05) is 24.4 Å². The Morgan fingerprint density at radius 2 is 2.00 bits per heavy atom. The molecule has 0 aromatic heterocycles. The first-order valence-corrected chi connectivity index (χ1v) is 7.42. The zero-order chi connectivity index (χ0) is 13.7.